The van der Waals surface area contributed by atoms with E-state index in [-0.39, 0.29) is 0 Å². The number of H-pyrrole nitrogens is 1. The van der Waals surface area contributed by atoms with Crippen molar-refractivity contribution in [2.24, 2.45) is 0 Å². The Hall–Kier alpha value is -0.720. The monoisotopic (exact) mass is 207 g/mol. The molecular weight excluding hydrogens is 182 g/mol. The van der Waals surface area contributed by atoms with Gasteiger partial charge in [-0.05, 0) is 37.3 Å². The van der Waals surface area contributed by atoms with Crippen LogP contribution in [0.25, 0.3) is 0 Å². The molecule has 1 N–H and O–H groups in total. The summed E-state index contributed by atoms with van der Waals surface area (Å²) in [5, 5.41) is 0. The number of aryl methyl sites for hydroxylation is 2. The molecule has 1 heteroatoms. The van der Waals surface area contributed by atoms with Crippen LogP contribution in [0.2, 0.25) is 0 Å². The molecule has 0 unspecified atom stereocenters. The van der Waals surface area contributed by atoms with Crippen LogP contribution < -0.4 is 0 Å². The van der Waals surface area contributed by atoms with Crippen LogP contribution in [0, 0.1) is 6.92 Å². The summed E-state index contributed by atoms with van der Waals surface area (Å²) in [7, 11) is 0. The quantitative estimate of drug-likeness (QED) is 0.720. The largest absolute Gasteiger partial charge is 0.362 e. The van der Waals surface area contributed by atoms with Crippen LogP contribution in [0.4, 0.5) is 0 Å². The molecule has 0 saturated carbocycles. The lowest BCUT2D eigenvalue weighted by Crippen LogP contribution is -1.92. The van der Waals surface area contributed by atoms with Gasteiger partial charge in [-0.15, -0.1) is 0 Å². The first-order valence-corrected chi connectivity index (χ1v) is 6.43. The van der Waals surface area contributed by atoms with Gasteiger partial charge < -0.3 is 4.98 Å². The third-order valence-electron chi connectivity index (χ3n) is 3.07. The van der Waals surface area contributed by atoms with Crippen molar-refractivity contribution in [3.63, 3.8) is 0 Å². The highest BCUT2D eigenvalue weighted by Crippen LogP contribution is 2.22. The Bertz CT molecular complexity index is 297. The van der Waals surface area contributed by atoms with Crippen molar-refractivity contribution in [2.45, 2.75) is 66.2 Å². The molecule has 86 valence electrons. The first-order valence-electron chi connectivity index (χ1n) is 6.43. The van der Waals surface area contributed by atoms with Crippen LogP contribution >= 0.6 is 0 Å². The van der Waals surface area contributed by atoms with Gasteiger partial charge in [-0.2, -0.15) is 0 Å². The van der Waals surface area contributed by atoms with Gasteiger partial charge in [-0.25, -0.2) is 0 Å². The Kier molecular flexibility index (Phi) is 4.93. The number of hydrogen-bond donors (Lipinski definition) is 1. The van der Waals surface area contributed by atoms with Crippen molar-refractivity contribution in [1.82, 2.24) is 4.98 Å². The van der Waals surface area contributed by atoms with E-state index in [2.05, 4.69) is 32.7 Å². The molecule has 0 aromatic carbocycles. The summed E-state index contributed by atoms with van der Waals surface area (Å²) in [5.74, 6) is 0. The fourth-order valence-corrected chi connectivity index (χ4v) is 2.31. The third-order valence-corrected chi connectivity index (χ3v) is 3.07. The molecule has 0 aliphatic heterocycles. The van der Waals surface area contributed by atoms with E-state index in [1.54, 1.807) is 5.56 Å². The van der Waals surface area contributed by atoms with Crippen molar-refractivity contribution in [1.29, 1.82) is 0 Å². The zero-order chi connectivity index (χ0) is 11.3. The van der Waals surface area contributed by atoms with Gasteiger partial charge in [0.15, 0.2) is 0 Å². The maximum atomic E-state index is 3.64. The molecule has 1 aromatic heterocycles. The summed E-state index contributed by atoms with van der Waals surface area (Å²) in [5.41, 5.74) is 6.11. The molecule has 15 heavy (non-hydrogen) atoms. The molecule has 0 amide bonds. The van der Waals surface area contributed by atoms with Crippen LogP contribution in [0.5, 0.6) is 0 Å². The fraction of sp³-hybridized carbons (Fsp3) is 0.714. The zero-order valence-corrected chi connectivity index (χ0v) is 10.7. The molecule has 0 radical (unpaired) electrons. The minimum Gasteiger partial charge on any atom is -0.362 e. The molecule has 1 nitrogen and oxygen atoms in total. The van der Waals surface area contributed by atoms with E-state index in [1.807, 2.05) is 0 Å². The van der Waals surface area contributed by atoms with Crippen LogP contribution in [-0.4, -0.2) is 4.98 Å². The van der Waals surface area contributed by atoms with Gasteiger partial charge in [0.2, 0.25) is 0 Å². The summed E-state index contributed by atoms with van der Waals surface area (Å²) in [6.07, 6.45) is 7.37. The zero-order valence-electron chi connectivity index (χ0n) is 10.7. The first-order chi connectivity index (χ1) is 7.24. The van der Waals surface area contributed by atoms with Gasteiger partial charge in [-0.1, -0.05) is 40.0 Å². The van der Waals surface area contributed by atoms with E-state index in [4.69, 9.17) is 0 Å². The van der Waals surface area contributed by atoms with E-state index in [9.17, 15) is 0 Å². The molecule has 0 aliphatic rings. The topological polar surface area (TPSA) is 15.8 Å². The van der Waals surface area contributed by atoms with E-state index < -0.39 is 0 Å². The SMILES string of the molecule is CCCc1[nH]c(CCC)c(CCC)c1C. The smallest absolute Gasteiger partial charge is 0.0184 e. The predicted molar refractivity (Wildman–Crippen MR) is 67.5 cm³/mol. The highest BCUT2D eigenvalue weighted by Gasteiger charge is 2.11. The maximum absolute atomic E-state index is 3.64. The van der Waals surface area contributed by atoms with Gasteiger partial charge in [0, 0.05) is 11.4 Å². The minimum absolute atomic E-state index is 1.20. The molecule has 0 fully saturated rings. The normalized spacial score (nSPS) is 10.9. The Morgan fingerprint density at radius 3 is 1.87 bits per heavy atom. The summed E-state index contributed by atoms with van der Waals surface area (Å²) < 4.78 is 0. The summed E-state index contributed by atoms with van der Waals surface area (Å²) in [6.45, 7) is 9.05. The number of aromatic nitrogens is 1. The van der Waals surface area contributed by atoms with Crippen molar-refractivity contribution < 1.29 is 0 Å². The number of rotatable bonds is 6. The van der Waals surface area contributed by atoms with E-state index >= 15 is 0 Å². The molecule has 0 bridgehead atoms. The van der Waals surface area contributed by atoms with Crippen molar-refractivity contribution in [2.75, 3.05) is 0 Å². The first kappa shape index (κ1) is 12.4. The third kappa shape index (κ3) is 2.87. The lowest BCUT2D eigenvalue weighted by molar-refractivity contribution is 0.833. The van der Waals surface area contributed by atoms with Crippen LogP contribution in [0.15, 0.2) is 0 Å². The predicted octanol–water partition coefficient (Wildman–Crippen LogP) is 4.18. The van der Waals surface area contributed by atoms with Crippen LogP contribution in [-0.2, 0) is 19.3 Å². The van der Waals surface area contributed by atoms with E-state index in [0.29, 0.717) is 0 Å². The molecular formula is C14H25N. The van der Waals surface area contributed by atoms with Crippen LogP contribution in [0.3, 0.4) is 0 Å². The van der Waals surface area contributed by atoms with Gasteiger partial charge in [0.25, 0.3) is 0 Å². The molecule has 1 aromatic rings. The molecule has 1 heterocycles. The van der Waals surface area contributed by atoms with E-state index in [1.165, 1.54) is 55.5 Å². The van der Waals surface area contributed by atoms with E-state index in [0.717, 1.165) is 0 Å². The second-order valence-electron chi connectivity index (χ2n) is 4.44. The van der Waals surface area contributed by atoms with Crippen LogP contribution in [0.1, 0.15) is 62.5 Å². The average molecular weight is 207 g/mol. The Balaban J connectivity index is 2.96. The lowest BCUT2D eigenvalue weighted by Gasteiger charge is -2.02. The van der Waals surface area contributed by atoms with Gasteiger partial charge in [-0.3, -0.25) is 0 Å². The minimum atomic E-state index is 1.20. The van der Waals surface area contributed by atoms with Gasteiger partial charge in [0.1, 0.15) is 0 Å². The van der Waals surface area contributed by atoms with Gasteiger partial charge in [0.05, 0.1) is 0 Å². The molecule has 1 rings (SSSR count). The molecule has 0 atom stereocenters. The molecule has 0 aliphatic carbocycles. The number of hydrogen-bond acceptors (Lipinski definition) is 0. The van der Waals surface area contributed by atoms with Crippen molar-refractivity contribution in [3.05, 3.63) is 22.5 Å². The summed E-state index contributed by atoms with van der Waals surface area (Å²) in [6, 6.07) is 0. The highest BCUT2D eigenvalue weighted by molar-refractivity contribution is 5.36. The number of aromatic amines is 1. The summed E-state index contributed by atoms with van der Waals surface area (Å²) >= 11 is 0. The Morgan fingerprint density at radius 1 is 0.800 bits per heavy atom. The molecule has 0 saturated heterocycles. The fourth-order valence-electron chi connectivity index (χ4n) is 2.31. The summed E-state index contributed by atoms with van der Waals surface area (Å²) in [4.78, 5) is 3.64. The highest BCUT2D eigenvalue weighted by atomic mass is 14.7. The second kappa shape index (κ2) is 5.99. The lowest BCUT2D eigenvalue weighted by atomic mass is 10.0. The molecule has 0 spiro atoms. The Morgan fingerprint density at radius 2 is 1.33 bits per heavy atom. The van der Waals surface area contributed by atoms with Gasteiger partial charge >= 0.3 is 0 Å². The Labute approximate surface area is 94.3 Å². The second-order valence-corrected chi connectivity index (χ2v) is 4.44. The standard InChI is InChI=1S/C14H25N/c1-5-8-12-11(4)13(9-6-2)15-14(12)10-7-3/h15H,5-10H2,1-4H3. The van der Waals surface area contributed by atoms with Crippen molar-refractivity contribution in [3.8, 4) is 0 Å². The average Bonchev–Trinajstić information content (AvgIpc) is 2.49. The number of nitrogens with one attached hydrogen (secondary N) is 1. The maximum Gasteiger partial charge on any atom is 0.0184 e. The van der Waals surface area contributed by atoms with Crippen molar-refractivity contribution >= 4 is 0 Å².